The monoisotopic (exact) mass is 961 g/mol. The Morgan fingerprint density at radius 1 is 0.387 bits per heavy atom. The Morgan fingerprint density at radius 2 is 0.960 bits per heavy atom. The van der Waals surface area contributed by atoms with E-state index >= 15 is 0 Å². The number of benzene rings is 10. The minimum absolute atomic E-state index is 0.119. The van der Waals surface area contributed by atoms with E-state index in [1.54, 1.807) is 11.1 Å². The molecule has 1 heteroatoms. The van der Waals surface area contributed by atoms with Crippen LogP contribution in [0.15, 0.2) is 231 Å². The maximum atomic E-state index is 2.68. The Bertz CT molecular complexity index is 3880. The predicted molar refractivity (Wildman–Crippen MR) is 309 cm³/mol. The molecule has 0 bridgehead atoms. The highest BCUT2D eigenvalue weighted by Crippen LogP contribution is 2.95. The summed E-state index contributed by atoms with van der Waals surface area (Å²) in [5.74, 6) is 4.04. The molecule has 7 aliphatic rings. The molecule has 0 aromatic heterocycles. The summed E-state index contributed by atoms with van der Waals surface area (Å²) in [4.78, 5) is 2.63. The Hall–Kier alpha value is -7.74. The number of para-hydroxylation sites is 1. The van der Waals surface area contributed by atoms with Crippen LogP contribution < -0.4 is 4.90 Å². The van der Waals surface area contributed by atoms with E-state index in [2.05, 4.69) is 235 Å². The predicted octanol–water partition coefficient (Wildman–Crippen LogP) is 19.0. The molecule has 0 heterocycles. The molecule has 0 saturated heterocycles. The molecule has 4 unspecified atom stereocenters. The van der Waals surface area contributed by atoms with Gasteiger partial charge in [0.2, 0.25) is 0 Å². The molecular weight excluding hydrogens is 903 g/mol. The first-order valence-electron chi connectivity index (χ1n) is 28.3. The normalized spacial score (nSPS) is 24.5. The molecule has 1 nitrogen and oxygen atoms in total. The van der Waals surface area contributed by atoms with Crippen LogP contribution in [0, 0.1) is 29.1 Å². The second-order valence-corrected chi connectivity index (χ2v) is 23.6. The van der Waals surface area contributed by atoms with E-state index < -0.39 is 5.41 Å². The summed E-state index contributed by atoms with van der Waals surface area (Å²) in [6.07, 6.45) is 10.8. The van der Waals surface area contributed by atoms with E-state index in [9.17, 15) is 0 Å². The molecule has 0 radical (unpaired) electrons. The number of hydrogen-bond acceptors (Lipinski definition) is 1. The Kier molecular flexibility index (Phi) is 8.89. The van der Waals surface area contributed by atoms with E-state index in [1.807, 2.05) is 0 Å². The maximum Gasteiger partial charge on any atom is 0.0713 e. The van der Waals surface area contributed by atoms with Gasteiger partial charge in [-0.1, -0.05) is 219 Å². The topological polar surface area (TPSA) is 3.24 Å². The van der Waals surface area contributed by atoms with Crippen LogP contribution in [-0.2, 0) is 10.8 Å². The van der Waals surface area contributed by atoms with Gasteiger partial charge in [-0.05, 0) is 186 Å². The number of rotatable bonds is 8. The van der Waals surface area contributed by atoms with Gasteiger partial charge in [0, 0.05) is 22.4 Å². The minimum Gasteiger partial charge on any atom is -0.310 e. The van der Waals surface area contributed by atoms with Crippen molar-refractivity contribution in [2.45, 2.75) is 68.1 Å². The fourth-order valence-electron chi connectivity index (χ4n) is 18.3. The lowest BCUT2D eigenvalue weighted by molar-refractivity contribution is -0.412. The average molecular weight is 962 g/mol. The molecule has 360 valence electrons. The number of nitrogens with zero attached hydrogens (tertiary/aromatic N) is 1. The van der Waals surface area contributed by atoms with Gasteiger partial charge in [-0.25, -0.2) is 0 Å². The first-order chi connectivity index (χ1) is 37.2. The highest BCUT2D eigenvalue weighted by Gasteiger charge is 2.90. The minimum atomic E-state index is -0.451. The van der Waals surface area contributed by atoms with Crippen LogP contribution in [0.5, 0.6) is 0 Å². The SMILES string of the molecule is c1ccc(C2(c3ccccc3)c3ccccc3-c3c(-c4ccc(N(c5ccc6c(c5)C5(c7ccccc7-6)C6CC7CC8CC5C786)c5ccccc5-c5cccc6cccc(C7CCCCC7)c56)cc4)cccc32)cc1. The van der Waals surface area contributed by atoms with Crippen molar-refractivity contribution in [3.8, 4) is 44.5 Å². The molecule has 0 aliphatic heterocycles. The molecule has 5 fully saturated rings. The molecule has 17 rings (SSSR count). The van der Waals surface area contributed by atoms with E-state index in [0.717, 1.165) is 23.7 Å². The van der Waals surface area contributed by atoms with Crippen LogP contribution in [0.4, 0.5) is 17.1 Å². The lowest BCUT2D eigenvalue weighted by atomic mass is 9.11. The van der Waals surface area contributed by atoms with Crippen molar-refractivity contribution in [1.82, 2.24) is 0 Å². The number of fused-ring (bicyclic) bond motifs is 11. The van der Waals surface area contributed by atoms with Crippen molar-refractivity contribution >= 4 is 27.8 Å². The largest absolute Gasteiger partial charge is 0.310 e. The number of hydrogen-bond donors (Lipinski definition) is 0. The van der Waals surface area contributed by atoms with Crippen molar-refractivity contribution in [1.29, 1.82) is 0 Å². The first kappa shape index (κ1) is 42.6. The van der Waals surface area contributed by atoms with Crippen LogP contribution in [0.25, 0.3) is 55.3 Å². The zero-order valence-corrected chi connectivity index (χ0v) is 42.4. The molecule has 7 aliphatic carbocycles. The van der Waals surface area contributed by atoms with Gasteiger partial charge in [-0.3, -0.25) is 0 Å². The Morgan fingerprint density at radius 3 is 1.69 bits per heavy atom. The van der Waals surface area contributed by atoms with Crippen molar-refractivity contribution < 1.29 is 0 Å². The summed E-state index contributed by atoms with van der Waals surface area (Å²) in [7, 11) is 0. The van der Waals surface area contributed by atoms with Gasteiger partial charge in [0.1, 0.15) is 0 Å². The quantitative estimate of drug-likeness (QED) is 0.147. The Balaban J connectivity index is 0.859. The molecular formula is C74H59N. The van der Waals surface area contributed by atoms with Gasteiger partial charge in [0.25, 0.3) is 0 Å². The summed E-state index contributed by atoms with van der Waals surface area (Å²) in [5, 5.41) is 2.77. The van der Waals surface area contributed by atoms with Gasteiger partial charge >= 0.3 is 0 Å². The third kappa shape index (κ3) is 5.34. The summed E-state index contributed by atoms with van der Waals surface area (Å²) in [6.45, 7) is 0. The smallest absolute Gasteiger partial charge is 0.0713 e. The standard InChI is InChI=1S/C74H59N/c1-4-19-47(20-5-1)56-30-16-21-49-22-17-32-61(70(49)56)60-28-12-15-36-67(60)75(55-41-42-59-58-27-10-13-33-63(58)74(66(59)46-55)68-44-52-43-53-45-69(74)73(52,53)68)54-39-37-48(38-40-54)57-31-18-35-65-71(57)62-29-11-14-34-64(62)72(65,50-23-6-2-7-24-50)51-25-8-3-9-26-51/h2-3,6-18,21-42,46-47,52-53,68-69H,1,4-5,19-20,43-45H2. The highest BCUT2D eigenvalue weighted by molar-refractivity contribution is 6.04. The van der Waals surface area contributed by atoms with Crippen molar-refractivity contribution in [3.63, 3.8) is 0 Å². The number of anilines is 3. The zero-order valence-electron chi connectivity index (χ0n) is 42.4. The summed E-state index contributed by atoms with van der Waals surface area (Å²) < 4.78 is 0. The van der Waals surface area contributed by atoms with Gasteiger partial charge < -0.3 is 4.90 Å². The molecule has 4 atom stereocenters. The summed E-state index contributed by atoms with van der Waals surface area (Å²) in [6, 6.07) is 88.9. The second kappa shape index (κ2) is 15.7. The third-order valence-corrected chi connectivity index (χ3v) is 21.0. The lowest BCUT2D eigenvalue weighted by Gasteiger charge is -2.92. The molecule has 75 heavy (non-hydrogen) atoms. The lowest BCUT2D eigenvalue weighted by Crippen LogP contribution is -2.88. The van der Waals surface area contributed by atoms with Crippen LogP contribution in [0.3, 0.4) is 0 Å². The van der Waals surface area contributed by atoms with Crippen LogP contribution in [-0.4, -0.2) is 0 Å². The maximum absolute atomic E-state index is 2.68. The molecule has 0 N–H and O–H groups in total. The highest BCUT2D eigenvalue weighted by atomic mass is 15.1. The molecule has 5 saturated carbocycles. The van der Waals surface area contributed by atoms with E-state index in [1.165, 1.54) is 152 Å². The molecule has 2 spiro atoms. The van der Waals surface area contributed by atoms with Gasteiger partial charge in [-0.2, -0.15) is 0 Å². The van der Waals surface area contributed by atoms with Crippen LogP contribution in [0.2, 0.25) is 0 Å². The molecule has 10 aromatic carbocycles. The van der Waals surface area contributed by atoms with E-state index in [0.29, 0.717) is 11.3 Å². The summed E-state index contributed by atoms with van der Waals surface area (Å²) in [5.41, 5.74) is 24.6. The first-order valence-corrected chi connectivity index (χ1v) is 28.3. The van der Waals surface area contributed by atoms with E-state index in [-0.39, 0.29) is 5.41 Å². The van der Waals surface area contributed by atoms with Gasteiger partial charge in [0.05, 0.1) is 11.1 Å². The fourth-order valence-corrected chi connectivity index (χ4v) is 18.3. The van der Waals surface area contributed by atoms with Gasteiger partial charge in [0.15, 0.2) is 0 Å². The van der Waals surface area contributed by atoms with Crippen molar-refractivity contribution in [2.24, 2.45) is 29.1 Å². The van der Waals surface area contributed by atoms with Gasteiger partial charge in [-0.15, -0.1) is 0 Å². The third-order valence-electron chi connectivity index (χ3n) is 21.0. The van der Waals surface area contributed by atoms with E-state index in [4.69, 9.17) is 0 Å². The van der Waals surface area contributed by atoms with Crippen molar-refractivity contribution in [2.75, 3.05) is 4.90 Å². The second-order valence-electron chi connectivity index (χ2n) is 23.6. The molecule has 0 amide bonds. The zero-order chi connectivity index (χ0) is 49.0. The van der Waals surface area contributed by atoms with Crippen LogP contribution in [0.1, 0.15) is 96.2 Å². The molecule has 10 aromatic rings. The summed E-state index contributed by atoms with van der Waals surface area (Å²) >= 11 is 0. The van der Waals surface area contributed by atoms with Crippen molar-refractivity contribution in [3.05, 3.63) is 269 Å². The fraction of sp³-hybridized carbons (Fsp3) is 0.216. The van der Waals surface area contributed by atoms with Crippen LogP contribution >= 0.6 is 0 Å². The average Bonchev–Trinajstić information content (AvgIpc) is 4.17. The Labute approximate surface area is 441 Å².